The third-order valence-corrected chi connectivity index (χ3v) is 4.22. The molecule has 2 unspecified atom stereocenters. The fourth-order valence-corrected chi connectivity index (χ4v) is 2.73. The molecule has 2 atom stereocenters. The van der Waals surface area contributed by atoms with Crippen molar-refractivity contribution < 1.29 is 0 Å². The number of nitrogens with two attached hydrogens (primary N) is 1. The molecule has 1 saturated heterocycles. The zero-order valence-electron chi connectivity index (χ0n) is 9.91. The van der Waals surface area contributed by atoms with Crippen molar-refractivity contribution >= 4 is 21.6 Å². The Kier molecular flexibility index (Phi) is 3.55. The molecule has 1 fully saturated rings. The van der Waals surface area contributed by atoms with Crippen molar-refractivity contribution in [2.45, 2.75) is 20.4 Å². The first-order chi connectivity index (χ1) is 7.56. The van der Waals surface area contributed by atoms with Gasteiger partial charge in [0.15, 0.2) is 0 Å². The van der Waals surface area contributed by atoms with Gasteiger partial charge in [-0.3, -0.25) is 4.90 Å². The van der Waals surface area contributed by atoms with E-state index in [1.165, 1.54) is 18.7 Å². The summed E-state index contributed by atoms with van der Waals surface area (Å²) in [5, 5.41) is 0. The summed E-state index contributed by atoms with van der Waals surface area (Å²) in [4.78, 5) is 2.52. The van der Waals surface area contributed by atoms with E-state index in [-0.39, 0.29) is 0 Å². The van der Waals surface area contributed by atoms with Gasteiger partial charge in [-0.2, -0.15) is 0 Å². The lowest BCUT2D eigenvalue weighted by Crippen LogP contribution is -2.20. The maximum absolute atomic E-state index is 5.78. The minimum absolute atomic E-state index is 0.812. The molecule has 2 nitrogen and oxygen atoms in total. The van der Waals surface area contributed by atoms with Crippen LogP contribution in [0.1, 0.15) is 19.4 Å². The second kappa shape index (κ2) is 4.76. The Morgan fingerprint density at radius 3 is 2.50 bits per heavy atom. The highest BCUT2D eigenvalue weighted by molar-refractivity contribution is 9.10. The summed E-state index contributed by atoms with van der Waals surface area (Å²) in [6, 6.07) is 6.22. The molecule has 88 valence electrons. The van der Waals surface area contributed by atoms with Gasteiger partial charge in [0, 0.05) is 29.8 Å². The summed E-state index contributed by atoms with van der Waals surface area (Å²) >= 11 is 3.48. The Morgan fingerprint density at radius 2 is 1.94 bits per heavy atom. The lowest BCUT2D eigenvalue weighted by Gasteiger charge is -2.15. The summed E-state index contributed by atoms with van der Waals surface area (Å²) in [6.45, 7) is 8.13. The fraction of sp³-hybridized carbons (Fsp3) is 0.538. The Morgan fingerprint density at radius 1 is 1.31 bits per heavy atom. The molecule has 1 heterocycles. The van der Waals surface area contributed by atoms with E-state index in [0.29, 0.717) is 0 Å². The first-order valence-electron chi connectivity index (χ1n) is 5.82. The van der Waals surface area contributed by atoms with Gasteiger partial charge in [-0.25, -0.2) is 0 Å². The number of rotatable bonds is 2. The molecule has 2 N–H and O–H groups in total. The minimum Gasteiger partial charge on any atom is -0.398 e. The summed E-state index contributed by atoms with van der Waals surface area (Å²) in [6.07, 6.45) is 0. The Hall–Kier alpha value is -0.540. The number of nitrogen functional groups attached to an aromatic ring is 1. The van der Waals surface area contributed by atoms with Gasteiger partial charge >= 0.3 is 0 Å². The Bertz CT molecular complexity index is 368. The van der Waals surface area contributed by atoms with E-state index in [4.69, 9.17) is 5.73 Å². The smallest absolute Gasteiger partial charge is 0.0458 e. The second-order valence-corrected chi connectivity index (χ2v) is 5.86. The number of likely N-dealkylation sites (tertiary alicyclic amines) is 1. The topological polar surface area (TPSA) is 29.3 Å². The van der Waals surface area contributed by atoms with E-state index < -0.39 is 0 Å². The number of nitrogens with zero attached hydrogens (tertiary/aromatic N) is 1. The lowest BCUT2D eigenvalue weighted by molar-refractivity contribution is 0.316. The molecule has 0 amide bonds. The third kappa shape index (κ3) is 2.58. The normalized spacial score (nSPS) is 26.2. The van der Waals surface area contributed by atoms with Crippen LogP contribution in [0.3, 0.4) is 0 Å². The summed E-state index contributed by atoms with van der Waals surface area (Å²) in [5.74, 6) is 1.63. The quantitative estimate of drug-likeness (QED) is 0.845. The van der Waals surface area contributed by atoms with Crippen molar-refractivity contribution in [1.82, 2.24) is 4.90 Å². The standard InChI is InChI=1S/C13H19BrN2/c1-9-6-16(7-10(9)2)8-11-3-4-13(15)12(14)5-11/h3-5,9-10H,6-8,15H2,1-2H3. The molecular formula is C13H19BrN2. The van der Waals surface area contributed by atoms with E-state index >= 15 is 0 Å². The molecule has 1 aromatic carbocycles. The second-order valence-electron chi connectivity index (χ2n) is 5.00. The zero-order chi connectivity index (χ0) is 11.7. The van der Waals surface area contributed by atoms with Crippen molar-refractivity contribution in [2.75, 3.05) is 18.8 Å². The molecule has 0 saturated carbocycles. The van der Waals surface area contributed by atoms with Gasteiger partial charge in [-0.05, 0) is 45.5 Å². The highest BCUT2D eigenvalue weighted by Crippen LogP contribution is 2.26. The molecule has 16 heavy (non-hydrogen) atoms. The molecular weight excluding hydrogens is 264 g/mol. The van der Waals surface area contributed by atoms with Crippen LogP contribution in [0, 0.1) is 11.8 Å². The van der Waals surface area contributed by atoms with E-state index in [9.17, 15) is 0 Å². The Labute approximate surface area is 106 Å². The molecule has 0 aliphatic carbocycles. The lowest BCUT2D eigenvalue weighted by atomic mass is 10.0. The number of benzene rings is 1. The van der Waals surface area contributed by atoms with E-state index in [2.05, 4.69) is 46.8 Å². The van der Waals surface area contributed by atoms with Crippen molar-refractivity contribution in [2.24, 2.45) is 11.8 Å². The SMILES string of the molecule is CC1CN(Cc2ccc(N)c(Br)c2)CC1C. The van der Waals surface area contributed by atoms with E-state index in [1.807, 2.05) is 6.07 Å². The number of anilines is 1. The van der Waals surface area contributed by atoms with Gasteiger partial charge in [0.1, 0.15) is 0 Å². The van der Waals surface area contributed by atoms with Gasteiger partial charge in [0.05, 0.1) is 0 Å². The maximum atomic E-state index is 5.78. The van der Waals surface area contributed by atoms with Crippen LogP contribution in [-0.4, -0.2) is 18.0 Å². The highest BCUT2D eigenvalue weighted by atomic mass is 79.9. The predicted octanol–water partition coefficient (Wildman–Crippen LogP) is 3.12. The maximum Gasteiger partial charge on any atom is 0.0458 e. The average molecular weight is 283 g/mol. The number of hydrogen-bond donors (Lipinski definition) is 1. The monoisotopic (exact) mass is 282 g/mol. The fourth-order valence-electron chi connectivity index (χ4n) is 2.31. The first kappa shape index (κ1) is 11.9. The van der Waals surface area contributed by atoms with Crippen LogP contribution in [0.4, 0.5) is 5.69 Å². The molecule has 1 aromatic rings. The third-order valence-electron chi connectivity index (χ3n) is 3.53. The average Bonchev–Trinajstić information content (AvgIpc) is 2.52. The van der Waals surface area contributed by atoms with Crippen LogP contribution in [0.5, 0.6) is 0 Å². The molecule has 0 spiro atoms. The summed E-state index contributed by atoms with van der Waals surface area (Å²) in [5.41, 5.74) is 7.93. The van der Waals surface area contributed by atoms with E-state index in [1.54, 1.807) is 0 Å². The molecule has 0 aromatic heterocycles. The molecule has 0 radical (unpaired) electrons. The van der Waals surface area contributed by atoms with Crippen molar-refractivity contribution in [3.63, 3.8) is 0 Å². The number of hydrogen-bond acceptors (Lipinski definition) is 2. The molecule has 2 rings (SSSR count). The molecule has 0 bridgehead atoms. The van der Waals surface area contributed by atoms with Crippen molar-refractivity contribution in [1.29, 1.82) is 0 Å². The first-order valence-corrected chi connectivity index (χ1v) is 6.62. The summed E-state index contributed by atoms with van der Waals surface area (Å²) < 4.78 is 1.00. The molecule has 1 aliphatic heterocycles. The van der Waals surface area contributed by atoms with Crippen LogP contribution >= 0.6 is 15.9 Å². The van der Waals surface area contributed by atoms with Gasteiger partial charge < -0.3 is 5.73 Å². The molecule has 3 heteroatoms. The largest absolute Gasteiger partial charge is 0.398 e. The predicted molar refractivity (Wildman–Crippen MR) is 72.2 cm³/mol. The Balaban J connectivity index is 2.02. The van der Waals surface area contributed by atoms with Crippen molar-refractivity contribution in [3.05, 3.63) is 28.2 Å². The van der Waals surface area contributed by atoms with Crippen LogP contribution in [0.2, 0.25) is 0 Å². The van der Waals surface area contributed by atoms with Gasteiger partial charge in [0.25, 0.3) is 0 Å². The number of halogens is 1. The van der Waals surface area contributed by atoms with Crippen LogP contribution < -0.4 is 5.73 Å². The van der Waals surface area contributed by atoms with Gasteiger partial charge in [-0.15, -0.1) is 0 Å². The van der Waals surface area contributed by atoms with Crippen molar-refractivity contribution in [3.8, 4) is 0 Å². The van der Waals surface area contributed by atoms with Gasteiger partial charge in [0.2, 0.25) is 0 Å². The van der Waals surface area contributed by atoms with Gasteiger partial charge in [-0.1, -0.05) is 19.9 Å². The van der Waals surface area contributed by atoms with Crippen LogP contribution in [0.15, 0.2) is 22.7 Å². The van der Waals surface area contributed by atoms with Crippen LogP contribution in [0.25, 0.3) is 0 Å². The van der Waals surface area contributed by atoms with E-state index in [0.717, 1.165) is 28.5 Å². The minimum atomic E-state index is 0.812. The highest BCUT2D eigenvalue weighted by Gasteiger charge is 2.25. The van der Waals surface area contributed by atoms with Crippen LogP contribution in [-0.2, 0) is 6.54 Å². The molecule has 1 aliphatic rings. The zero-order valence-corrected chi connectivity index (χ0v) is 11.5. The summed E-state index contributed by atoms with van der Waals surface area (Å²) in [7, 11) is 0.